The third-order valence-corrected chi connectivity index (χ3v) is 4.74. The number of aromatic nitrogens is 1. The Labute approximate surface area is 167 Å². The first-order valence-electron chi connectivity index (χ1n) is 8.78. The van der Waals surface area contributed by atoms with Gasteiger partial charge < -0.3 is 15.5 Å². The number of rotatable bonds is 3. The minimum Gasteiger partial charge on any atom is -0.308 e. The van der Waals surface area contributed by atoms with Crippen molar-refractivity contribution in [3.8, 4) is 0 Å². The number of fused-ring (bicyclic) bond motifs is 1. The molecule has 0 atom stereocenters. The molecular formula is C21H17ClN4O2. The third kappa shape index (κ3) is 3.82. The molecule has 1 aliphatic heterocycles. The van der Waals surface area contributed by atoms with Gasteiger partial charge in [-0.25, -0.2) is 4.79 Å². The topological polar surface area (TPSA) is 74.3 Å². The predicted octanol–water partition coefficient (Wildman–Crippen LogP) is 4.58. The van der Waals surface area contributed by atoms with Crippen LogP contribution in [0.4, 0.5) is 21.9 Å². The highest BCUT2D eigenvalue weighted by molar-refractivity contribution is 6.30. The van der Waals surface area contributed by atoms with Crippen molar-refractivity contribution in [2.75, 3.05) is 22.1 Å². The van der Waals surface area contributed by atoms with Crippen LogP contribution >= 0.6 is 11.6 Å². The Morgan fingerprint density at radius 1 is 1.00 bits per heavy atom. The monoisotopic (exact) mass is 392 g/mol. The first-order valence-corrected chi connectivity index (χ1v) is 9.16. The van der Waals surface area contributed by atoms with Gasteiger partial charge in [0, 0.05) is 41.0 Å². The number of pyridine rings is 1. The van der Waals surface area contributed by atoms with Gasteiger partial charge in [-0.2, -0.15) is 0 Å². The number of anilines is 3. The lowest BCUT2D eigenvalue weighted by molar-refractivity contribution is 0.0989. The van der Waals surface area contributed by atoms with Gasteiger partial charge in [0.1, 0.15) is 0 Å². The van der Waals surface area contributed by atoms with Crippen molar-refractivity contribution in [3.63, 3.8) is 0 Å². The van der Waals surface area contributed by atoms with Gasteiger partial charge in [0.2, 0.25) is 0 Å². The van der Waals surface area contributed by atoms with Crippen LogP contribution in [0.1, 0.15) is 15.9 Å². The van der Waals surface area contributed by atoms with Gasteiger partial charge in [0.15, 0.2) is 0 Å². The standard InChI is InChI=1S/C21H17ClN4O2/c22-16-3-5-17(6-4-16)24-21(28)25-18-7-8-19-14(12-18)9-11-26(19)20(27)15-2-1-10-23-13-15/h1-8,10,12-13H,9,11H2,(H2,24,25,28). The van der Waals surface area contributed by atoms with Crippen LogP contribution in [0.15, 0.2) is 67.0 Å². The van der Waals surface area contributed by atoms with E-state index in [1.165, 1.54) is 0 Å². The van der Waals surface area contributed by atoms with E-state index < -0.39 is 0 Å². The van der Waals surface area contributed by atoms with E-state index >= 15 is 0 Å². The summed E-state index contributed by atoms with van der Waals surface area (Å²) in [6.07, 6.45) is 3.94. The lowest BCUT2D eigenvalue weighted by Gasteiger charge is -2.17. The molecule has 0 radical (unpaired) electrons. The summed E-state index contributed by atoms with van der Waals surface area (Å²) in [5.41, 5.74) is 3.75. The average molecular weight is 393 g/mol. The van der Waals surface area contributed by atoms with Gasteiger partial charge in [-0.05, 0) is 66.6 Å². The van der Waals surface area contributed by atoms with E-state index in [0.29, 0.717) is 28.5 Å². The van der Waals surface area contributed by atoms with Gasteiger partial charge in [-0.15, -0.1) is 0 Å². The van der Waals surface area contributed by atoms with Crippen LogP contribution in [0.5, 0.6) is 0 Å². The number of halogens is 1. The van der Waals surface area contributed by atoms with Gasteiger partial charge in [0.05, 0.1) is 5.56 Å². The largest absolute Gasteiger partial charge is 0.323 e. The van der Waals surface area contributed by atoms with Gasteiger partial charge >= 0.3 is 6.03 Å². The number of benzene rings is 2. The molecule has 0 saturated heterocycles. The number of hydrogen-bond donors (Lipinski definition) is 2. The number of hydrogen-bond acceptors (Lipinski definition) is 3. The molecule has 0 fully saturated rings. The Balaban J connectivity index is 1.45. The van der Waals surface area contributed by atoms with Crippen LogP contribution in [-0.4, -0.2) is 23.5 Å². The van der Waals surface area contributed by atoms with Crippen molar-refractivity contribution >= 4 is 40.6 Å². The molecule has 28 heavy (non-hydrogen) atoms. The third-order valence-electron chi connectivity index (χ3n) is 4.49. The predicted molar refractivity (Wildman–Crippen MR) is 110 cm³/mol. The van der Waals surface area contributed by atoms with Crippen molar-refractivity contribution in [1.82, 2.24) is 4.98 Å². The zero-order valence-corrected chi connectivity index (χ0v) is 15.6. The Morgan fingerprint density at radius 3 is 2.50 bits per heavy atom. The molecule has 4 rings (SSSR count). The number of carbonyl (C=O) groups excluding carboxylic acids is 2. The zero-order chi connectivity index (χ0) is 19.5. The van der Waals surface area contributed by atoms with Crippen LogP contribution in [0.3, 0.4) is 0 Å². The van der Waals surface area contributed by atoms with Crippen LogP contribution in [0, 0.1) is 0 Å². The van der Waals surface area contributed by atoms with E-state index in [9.17, 15) is 9.59 Å². The van der Waals surface area contributed by atoms with Crippen molar-refractivity contribution in [1.29, 1.82) is 0 Å². The fourth-order valence-corrected chi connectivity index (χ4v) is 3.29. The Morgan fingerprint density at radius 2 is 1.75 bits per heavy atom. The molecule has 0 aliphatic carbocycles. The lowest BCUT2D eigenvalue weighted by atomic mass is 10.1. The quantitative estimate of drug-likeness (QED) is 0.685. The Bertz CT molecular complexity index is 1020. The molecule has 0 unspecified atom stereocenters. The SMILES string of the molecule is O=C(Nc1ccc(Cl)cc1)Nc1ccc2c(c1)CCN2C(=O)c1cccnc1. The minimum absolute atomic E-state index is 0.0759. The molecule has 1 aliphatic rings. The minimum atomic E-state index is -0.344. The summed E-state index contributed by atoms with van der Waals surface area (Å²) in [4.78, 5) is 30.6. The van der Waals surface area contributed by atoms with E-state index in [4.69, 9.17) is 11.6 Å². The second-order valence-electron chi connectivity index (χ2n) is 6.38. The smallest absolute Gasteiger partial charge is 0.308 e. The summed E-state index contributed by atoms with van der Waals surface area (Å²) in [5.74, 6) is -0.0759. The molecule has 140 valence electrons. The van der Waals surface area contributed by atoms with Crippen LogP contribution in [0.2, 0.25) is 5.02 Å². The molecule has 2 heterocycles. The second kappa shape index (κ2) is 7.70. The molecule has 2 N–H and O–H groups in total. The second-order valence-corrected chi connectivity index (χ2v) is 6.81. The van der Waals surface area contributed by atoms with Crippen LogP contribution in [-0.2, 0) is 6.42 Å². The molecule has 0 spiro atoms. The molecule has 0 bridgehead atoms. The maximum absolute atomic E-state index is 12.7. The number of nitrogens with zero attached hydrogens (tertiary/aromatic N) is 2. The fraction of sp³-hybridized carbons (Fsp3) is 0.0952. The fourth-order valence-electron chi connectivity index (χ4n) is 3.16. The molecule has 7 heteroatoms. The summed E-state index contributed by atoms with van der Waals surface area (Å²) < 4.78 is 0. The van der Waals surface area contributed by atoms with E-state index in [-0.39, 0.29) is 11.9 Å². The highest BCUT2D eigenvalue weighted by Gasteiger charge is 2.26. The normalized spacial score (nSPS) is 12.4. The molecule has 0 saturated carbocycles. The van der Waals surface area contributed by atoms with Gasteiger partial charge in [-0.3, -0.25) is 9.78 Å². The first-order chi connectivity index (χ1) is 13.6. The molecule has 3 amide bonds. The van der Waals surface area contributed by atoms with E-state index in [1.807, 2.05) is 12.1 Å². The summed E-state index contributed by atoms with van der Waals surface area (Å²) in [6, 6.07) is 15.6. The molecule has 1 aromatic heterocycles. The molecule has 6 nitrogen and oxygen atoms in total. The number of amides is 3. The van der Waals surface area contributed by atoms with Gasteiger partial charge in [-0.1, -0.05) is 11.6 Å². The Hall–Kier alpha value is -3.38. The highest BCUT2D eigenvalue weighted by Crippen LogP contribution is 2.31. The van der Waals surface area contributed by atoms with Gasteiger partial charge in [0.25, 0.3) is 5.91 Å². The van der Waals surface area contributed by atoms with E-state index in [0.717, 1.165) is 17.7 Å². The van der Waals surface area contributed by atoms with E-state index in [2.05, 4.69) is 15.6 Å². The van der Waals surface area contributed by atoms with Crippen molar-refractivity contribution in [3.05, 3.63) is 83.1 Å². The highest BCUT2D eigenvalue weighted by atomic mass is 35.5. The molecule has 2 aromatic carbocycles. The summed E-state index contributed by atoms with van der Waals surface area (Å²) in [7, 11) is 0. The summed E-state index contributed by atoms with van der Waals surface area (Å²) in [6.45, 7) is 0.601. The zero-order valence-electron chi connectivity index (χ0n) is 14.9. The number of carbonyl (C=O) groups is 2. The van der Waals surface area contributed by atoms with Crippen molar-refractivity contribution in [2.24, 2.45) is 0 Å². The maximum atomic E-state index is 12.7. The van der Waals surface area contributed by atoms with Crippen molar-refractivity contribution in [2.45, 2.75) is 6.42 Å². The number of nitrogens with one attached hydrogen (secondary N) is 2. The van der Waals surface area contributed by atoms with Crippen LogP contribution < -0.4 is 15.5 Å². The maximum Gasteiger partial charge on any atom is 0.323 e. The first kappa shape index (κ1) is 18.0. The summed E-state index contributed by atoms with van der Waals surface area (Å²) in [5, 5.41) is 6.17. The number of urea groups is 1. The van der Waals surface area contributed by atoms with E-state index in [1.54, 1.807) is 59.8 Å². The summed E-state index contributed by atoms with van der Waals surface area (Å²) >= 11 is 5.85. The molecule has 3 aromatic rings. The Kier molecular flexibility index (Phi) is 4.95. The van der Waals surface area contributed by atoms with Crippen molar-refractivity contribution < 1.29 is 9.59 Å². The van der Waals surface area contributed by atoms with Crippen LogP contribution in [0.25, 0.3) is 0 Å². The average Bonchev–Trinajstić information content (AvgIpc) is 3.13. The molecular weight excluding hydrogens is 376 g/mol. The lowest BCUT2D eigenvalue weighted by Crippen LogP contribution is -2.28.